The van der Waals surface area contributed by atoms with E-state index in [2.05, 4.69) is 35.2 Å². The molecule has 3 heteroatoms. The van der Waals surface area contributed by atoms with Crippen LogP contribution in [0.5, 0.6) is 0 Å². The van der Waals surface area contributed by atoms with Crippen LogP contribution in [0.25, 0.3) is 0 Å². The van der Waals surface area contributed by atoms with E-state index in [0.29, 0.717) is 12.1 Å². The number of rotatable bonds is 1. The summed E-state index contributed by atoms with van der Waals surface area (Å²) in [5, 5.41) is 3.48. The highest BCUT2D eigenvalue weighted by Gasteiger charge is 2.24. The monoisotopic (exact) mass is 191 g/mol. The van der Waals surface area contributed by atoms with Gasteiger partial charge in [-0.15, -0.1) is 0 Å². The van der Waals surface area contributed by atoms with E-state index in [0.717, 1.165) is 18.8 Å². The van der Waals surface area contributed by atoms with Crippen molar-refractivity contribution in [1.29, 1.82) is 0 Å². The minimum Gasteiger partial charge on any atom is -0.311 e. The first-order valence-corrected chi connectivity index (χ1v) is 5.12. The van der Waals surface area contributed by atoms with Crippen LogP contribution in [0.15, 0.2) is 24.4 Å². The number of pyridine rings is 1. The molecule has 0 aromatic carbocycles. The van der Waals surface area contributed by atoms with E-state index in [-0.39, 0.29) is 0 Å². The van der Waals surface area contributed by atoms with Gasteiger partial charge in [-0.1, -0.05) is 6.07 Å². The molecular formula is C11H17N3. The van der Waals surface area contributed by atoms with Crippen molar-refractivity contribution >= 4 is 0 Å². The molecule has 1 aromatic rings. The zero-order valence-corrected chi connectivity index (χ0v) is 8.77. The minimum absolute atomic E-state index is 0.424. The first-order chi connectivity index (χ1) is 6.77. The zero-order valence-electron chi connectivity index (χ0n) is 8.77. The Kier molecular flexibility index (Phi) is 2.79. The highest BCUT2D eigenvalue weighted by atomic mass is 15.2. The normalized spacial score (nSPS) is 29.0. The van der Waals surface area contributed by atoms with Crippen LogP contribution in [0.3, 0.4) is 0 Å². The summed E-state index contributed by atoms with van der Waals surface area (Å²) in [5.74, 6) is 0. The van der Waals surface area contributed by atoms with Crippen LogP contribution >= 0.6 is 0 Å². The van der Waals surface area contributed by atoms with Gasteiger partial charge in [0.05, 0.1) is 11.7 Å². The molecule has 2 atom stereocenters. The predicted octanol–water partition coefficient (Wildman–Crippen LogP) is 1.05. The highest BCUT2D eigenvalue weighted by molar-refractivity contribution is 5.10. The molecule has 2 rings (SSSR count). The Labute approximate surface area is 85.1 Å². The quantitative estimate of drug-likeness (QED) is 0.719. The van der Waals surface area contributed by atoms with E-state index in [1.807, 2.05) is 18.3 Å². The maximum atomic E-state index is 4.40. The smallest absolute Gasteiger partial charge is 0.0644 e. The third kappa shape index (κ3) is 1.94. The van der Waals surface area contributed by atoms with Gasteiger partial charge in [-0.2, -0.15) is 0 Å². The lowest BCUT2D eigenvalue weighted by Crippen LogP contribution is -2.49. The summed E-state index contributed by atoms with van der Waals surface area (Å²) in [7, 11) is 2.16. The zero-order chi connectivity index (χ0) is 9.97. The van der Waals surface area contributed by atoms with Crippen LogP contribution in [0.1, 0.15) is 18.7 Å². The Balaban J connectivity index is 2.12. The van der Waals surface area contributed by atoms with Crippen LogP contribution in [-0.4, -0.2) is 36.1 Å². The fourth-order valence-corrected chi connectivity index (χ4v) is 2.00. The summed E-state index contributed by atoms with van der Waals surface area (Å²) in [4.78, 5) is 6.76. The van der Waals surface area contributed by atoms with Crippen LogP contribution < -0.4 is 5.32 Å². The molecule has 1 aromatic heterocycles. The molecule has 1 aliphatic rings. The standard InChI is InChI=1S/C11H17N3/c1-9-8-14(2)11(7-13-9)10-5-3-4-6-12-10/h3-6,9,11,13H,7-8H2,1-2H3. The maximum absolute atomic E-state index is 4.40. The van der Waals surface area contributed by atoms with Gasteiger partial charge in [-0.25, -0.2) is 0 Å². The second-order valence-electron chi connectivity index (χ2n) is 4.02. The molecule has 0 amide bonds. The van der Waals surface area contributed by atoms with Crippen molar-refractivity contribution in [2.75, 3.05) is 20.1 Å². The molecule has 0 bridgehead atoms. The average Bonchev–Trinajstić information content (AvgIpc) is 2.19. The molecule has 0 radical (unpaired) electrons. The Morgan fingerprint density at radius 3 is 3.00 bits per heavy atom. The SMILES string of the molecule is CC1CN(C)C(c2ccccn2)CN1. The number of hydrogen-bond donors (Lipinski definition) is 1. The van der Waals surface area contributed by atoms with Gasteiger partial charge in [0.2, 0.25) is 0 Å². The van der Waals surface area contributed by atoms with Gasteiger partial charge in [0.25, 0.3) is 0 Å². The van der Waals surface area contributed by atoms with E-state index in [4.69, 9.17) is 0 Å². The summed E-state index contributed by atoms with van der Waals surface area (Å²) in [5.41, 5.74) is 1.16. The second kappa shape index (κ2) is 4.07. The lowest BCUT2D eigenvalue weighted by molar-refractivity contribution is 0.167. The van der Waals surface area contributed by atoms with Gasteiger partial charge in [0.1, 0.15) is 0 Å². The summed E-state index contributed by atoms with van der Waals surface area (Å²) in [6.07, 6.45) is 1.86. The molecule has 0 saturated carbocycles. The molecular weight excluding hydrogens is 174 g/mol. The second-order valence-corrected chi connectivity index (χ2v) is 4.02. The van der Waals surface area contributed by atoms with Crippen molar-refractivity contribution in [3.8, 4) is 0 Å². The molecule has 3 nitrogen and oxygen atoms in total. The Hall–Kier alpha value is -0.930. The number of aromatic nitrogens is 1. The Morgan fingerprint density at radius 1 is 1.50 bits per heavy atom. The molecule has 14 heavy (non-hydrogen) atoms. The molecule has 1 N–H and O–H groups in total. The fraction of sp³-hybridized carbons (Fsp3) is 0.545. The van der Waals surface area contributed by atoms with Crippen molar-refractivity contribution in [3.63, 3.8) is 0 Å². The predicted molar refractivity (Wildman–Crippen MR) is 57.1 cm³/mol. The van der Waals surface area contributed by atoms with Crippen LogP contribution in [0, 0.1) is 0 Å². The van der Waals surface area contributed by atoms with Crippen molar-refractivity contribution < 1.29 is 0 Å². The van der Waals surface area contributed by atoms with Crippen LogP contribution in [0.2, 0.25) is 0 Å². The van der Waals surface area contributed by atoms with Crippen molar-refractivity contribution in [2.24, 2.45) is 0 Å². The number of piperazine rings is 1. The number of nitrogens with one attached hydrogen (secondary N) is 1. The largest absolute Gasteiger partial charge is 0.311 e. The van der Waals surface area contributed by atoms with E-state index >= 15 is 0 Å². The van der Waals surface area contributed by atoms with Crippen LogP contribution in [0.4, 0.5) is 0 Å². The van der Waals surface area contributed by atoms with E-state index in [1.54, 1.807) is 0 Å². The first-order valence-electron chi connectivity index (χ1n) is 5.12. The molecule has 0 spiro atoms. The average molecular weight is 191 g/mol. The van der Waals surface area contributed by atoms with Crippen molar-refractivity contribution in [2.45, 2.75) is 19.0 Å². The number of likely N-dealkylation sites (N-methyl/N-ethyl adjacent to an activating group) is 1. The van der Waals surface area contributed by atoms with Gasteiger partial charge < -0.3 is 5.32 Å². The molecule has 1 fully saturated rings. The van der Waals surface area contributed by atoms with Gasteiger partial charge in [-0.05, 0) is 26.1 Å². The molecule has 76 valence electrons. The third-order valence-corrected chi connectivity index (χ3v) is 2.78. The summed E-state index contributed by atoms with van der Waals surface area (Å²) < 4.78 is 0. The van der Waals surface area contributed by atoms with Crippen molar-refractivity contribution in [3.05, 3.63) is 30.1 Å². The van der Waals surface area contributed by atoms with Gasteiger partial charge >= 0.3 is 0 Å². The highest BCUT2D eigenvalue weighted by Crippen LogP contribution is 2.19. The molecule has 2 heterocycles. The minimum atomic E-state index is 0.424. The van der Waals surface area contributed by atoms with E-state index < -0.39 is 0 Å². The van der Waals surface area contributed by atoms with E-state index in [1.165, 1.54) is 0 Å². The molecule has 2 unspecified atom stereocenters. The Morgan fingerprint density at radius 2 is 2.36 bits per heavy atom. The lowest BCUT2D eigenvalue weighted by Gasteiger charge is -2.36. The third-order valence-electron chi connectivity index (χ3n) is 2.78. The lowest BCUT2D eigenvalue weighted by atomic mass is 10.1. The maximum Gasteiger partial charge on any atom is 0.0644 e. The van der Waals surface area contributed by atoms with Crippen molar-refractivity contribution in [1.82, 2.24) is 15.2 Å². The van der Waals surface area contributed by atoms with Gasteiger partial charge in [0, 0.05) is 25.3 Å². The van der Waals surface area contributed by atoms with Crippen LogP contribution in [-0.2, 0) is 0 Å². The summed E-state index contributed by atoms with van der Waals surface area (Å²) in [6, 6.07) is 7.11. The van der Waals surface area contributed by atoms with Gasteiger partial charge in [0.15, 0.2) is 0 Å². The summed E-state index contributed by atoms with van der Waals surface area (Å²) in [6.45, 7) is 4.29. The van der Waals surface area contributed by atoms with E-state index in [9.17, 15) is 0 Å². The number of nitrogens with zero attached hydrogens (tertiary/aromatic N) is 2. The fourth-order valence-electron chi connectivity index (χ4n) is 2.00. The number of hydrogen-bond acceptors (Lipinski definition) is 3. The Bertz CT molecular complexity index is 286. The molecule has 1 saturated heterocycles. The van der Waals surface area contributed by atoms with Gasteiger partial charge in [-0.3, -0.25) is 9.88 Å². The summed E-state index contributed by atoms with van der Waals surface area (Å²) >= 11 is 0. The molecule has 1 aliphatic heterocycles. The topological polar surface area (TPSA) is 28.2 Å². The molecule has 0 aliphatic carbocycles. The first kappa shape index (κ1) is 9.62.